The van der Waals surface area contributed by atoms with Crippen LogP contribution >= 0.6 is 0 Å². The average molecular weight is 595 g/mol. The van der Waals surface area contributed by atoms with Crippen LogP contribution in [0.15, 0.2) is 126 Å². The summed E-state index contributed by atoms with van der Waals surface area (Å²) in [5.41, 5.74) is 8.49. The lowest BCUT2D eigenvalue weighted by Gasteiger charge is -2.29. The Morgan fingerprint density at radius 3 is 1.45 bits per heavy atom. The van der Waals surface area contributed by atoms with Crippen molar-refractivity contribution in [3.05, 3.63) is 148 Å². The smallest absolute Gasteiger partial charge is 0.155 e. The summed E-state index contributed by atoms with van der Waals surface area (Å²) in [7, 11) is 0. The Bertz CT molecular complexity index is 1620. The van der Waals surface area contributed by atoms with Gasteiger partial charge in [-0.15, -0.1) is 0 Å². The van der Waals surface area contributed by atoms with Gasteiger partial charge in [-0.05, 0) is 102 Å². The molecule has 1 fully saturated rings. The number of hydrogen-bond acceptors (Lipinski definition) is 0. The lowest BCUT2D eigenvalue weighted by molar-refractivity contribution is 0.358. The van der Waals surface area contributed by atoms with Crippen LogP contribution < -0.4 is 0 Å². The molecule has 3 aromatic carbocycles. The molecule has 44 heavy (non-hydrogen) atoms. The van der Waals surface area contributed by atoms with Crippen molar-refractivity contribution in [1.29, 1.82) is 0 Å². The maximum Gasteiger partial charge on any atom is 0.155 e. The summed E-state index contributed by atoms with van der Waals surface area (Å²) in [6.45, 7) is 4.01. The van der Waals surface area contributed by atoms with Crippen LogP contribution in [0.3, 0.4) is 0 Å². The zero-order valence-corrected chi connectivity index (χ0v) is 25.3. The van der Waals surface area contributed by atoms with Crippen molar-refractivity contribution >= 4 is 17.7 Å². The van der Waals surface area contributed by atoms with Crippen molar-refractivity contribution in [3.63, 3.8) is 0 Å². The number of allylic oxidation sites excluding steroid dienone is 10. The molecular weight excluding hydrogens is 556 g/mol. The minimum absolute atomic E-state index is 0.0449. The molecule has 0 spiro atoms. The number of halogens is 4. The van der Waals surface area contributed by atoms with E-state index in [2.05, 4.69) is 60.7 Å². The Labute approximate surface area is 258 Å². The van der Waals surface area contributed by atoms with Gasteiger partial charge in [-0.3, -0.25) is 0 Å². The van der Waals surface area contributed by atoms with E-state index in [1.54, 1.807) is 0 Å². The molecule has 0 atom stereocenters. The molecule has 0 nitrogen and oxygen atoms in total. The summed E-state index contributed by atoms with van der Waals surface area (Å²) < 4.78 is 52.7. The second-order valence-electron chi connectivity index (χ2n) is 11.7. The van der Waals surface area contributed by atoms with Crippen LogP contribution in [0.25, 0.3) is 28.9 Å². The van der Waals surface area contributed by atoms with Gasteiger partial charge in [-0.2, -0.15) is 0 Å². The molecule has 0 aromatic heterocycles. The van der Waals surface area contributed by atoms with E-state index < -0.39 is 23.3 Å². The van der Waals surface area contributed by atoms with Crippen molar-refractivity contribution in [1.82, 2.24) is 0 Å². The first-order valence-corrected chi connectivity index (χ1v) is 15.4. The van der Waals surface area contributed by atoms with E-state index in [1.807, 2.05) is 50.3 Å². The maximum atomic E-state index is 13.2. The third-order valence-electron chi connectivity index (χ3n) is 8.71. The first kappa shape index (κ1) is 31.3. The lowest BCUT2D eigenvalue weighted by atomic mass is 9.75. The maximum absolute atomic E-state index is 13.2. The van der Waals surface area contributed by atoms with Crippen molar-refractivity contribution in [2.45, 2.75) is 58.3 Å². The summed E-state index contributed by atoms with van der Waals surface area (Å²) >= 11 is 0. The molecule has 0 N–H and O–H groups in total. The molecule has 0 bridgehead atoms. The average Bonchev–Trinajstić information content (AvgIpc) is 3.58. The number of hydrogen-bond donors (Lipinski definition) is 0. The van der Waals surface area contributed by atoms with Gasteiger partial charge in [0.1, 0.15) is 11.7 Å². The van der Waals surface area contributed by atoms with Crippen LogP contribution in [0.5, 0.6) is 0 Å². The van der Waals surface area contributed by atoms with Crippen LogP contribution in [0.2, 0.25) is 0 Å². The van der Waals surface area contributed by atoms with E-state index in [4.69, 9.17) is 0 Å². The fraction of sp³-hybridized carbons (Fsp3) is 0.250. The van der Waals surface area contributed by atoms with Gasteiger partial charge in [0.25, 0.3) is 0 Å². The van der Waals surface area contributed by atoms with Crippen LogP contribution in [0, 0.1) is 5.92 Å². The van der Waals surface area contributed by atoms with Crippen molar-refractivity contribution in [2.24, 2.45) is 5.92 Å². The molecule has 0 saturated heterocycles. The van der Waals surface area contributed by atoms with E-state index in [0.717, 1.165) is 53.5 Å². The molecule has 226 valence electrons. The third kappa shape index (κ3) is 7.66. The highest BCUT2D eigenvalue weighted by Gasteiger charge is 2.28. The normalized spacial score (nSPS) is 20.3. The minimum Gasteiger partial charge on any atom is -0.208 e. The van der Waals surface area contributed by atoms with Crippen LogP contribution in [-0.2, 0) is 0 Å². The molecule has 1 saturated carbocycles. The molecule has 0 aliphatic heterocycles. The van der Waals surface area contributed by atoms with Crippen LogP contribution in [0.1, 0.15) is 80.5 Å². The molecule has 0 radical (unpaired) electrons. The fourth-order valence-corrected chi connectivity index (χ4v) is 6.26. The van der Waals surface area contributed by atoms with E-state index in [-0.39, 0.29) is 12.8 Å². The third-order valence-corrected chi connectivity index (χ3v) is 8.71. The zero-order chi connectivity index (χ0) is 31.1. The molecule has 0 unspecified atom stereocenters. The van der Waals surface area contributed by atoms with E-state index in [0.29, 0.717) is 17.4 Å². The summed E-state index contributed by atoms with van der Waals surface area (Å²) in [4.78, 5) is 0. The zero-order valence-electron chi connectivity index (χ0n) is 25.3. The van der Waals surface area contributed by atoms with Crippen molar-refractivity contribution in [2.75, 3.05) is 0 Å². The van der Waals surface area contributed by atoms with Gasteiger partial charge in [0.2, 0.25) is 0 Å². The topological polar surface area (TPSA) is 0 Å². The summed E-state index contributed by atoms with van der Waals surface area (Å²) in [5.74, 6) is -1.73. The van der Waals surface area contributed by atoms with E-state index in [1.165, 1.54) is 23.3 Å². The Hall–Kier alpha value is -4.18. The SMILES string of the molecule is C/C=C/c1ccc(-c2ccc(C3=CC(F)=C(F)C3)cc2)cc1.C/C=C/c1ccc(C2CCC(C3=CC(F)=C(F)C3)CC2)cc1. The second-order valence-corrected chi connectivity index (χ2v) is 11.7. The molecule has 4 heteroatoms. The van der Waals surface area contributed by atoms with Gasteiger partial charge in [-0.1, -0.05) is 103 Å². The molecule has 0 heterocycles. The Kier molecular flexibility index (Phi) is 10.3. The summed E-state index contributed by atoms with van der Waals surface area (Å²) in [5, 5.41) is 0. The Balaban J connectivity index is 0.000000175. The quantitative estimate of drug-likeness (QED) is 0.249. The first-order valence-electron chi connectivity index (χ1n) is 15.4. The van der Waals surface area contributed by atoms with Gasteiger partial charge in [0.05, 0.1) is 0 Å². The van der Waals surface area contributed by atoms with Crippen molar-refractivity contribution < 1.29 is 17.6 Å². The monoisotopic (exact) mass is 594 g/mol. The highest BCUT2D eigenvalue weighted by atomic mass is 19.2. The van der Waals surface area contributed by atoms with Gasteiger partial charge in [0, 0.05) is 12.8 Å². The molecule has 3 aromatic rings. The number of benzene rings is 3. The largest absolute Gasteiger partial charge is 0.208 e. The van der Waals surface area contributed by atoms with Gasteiger partial charge >= 0.3 is 0 Å². The Morgan fingerprint density at radius 2 is 0.977 bits per heavy atom. The van der Waals surface area contributed by atoms with Gasteiger partial charge < -0.3 is 0 Å². The van der Waals surface area contributed by atoms with E-state index in [9.17, 15) is 17.6 Å². The molecule has 0 amide bonds. The standard InChI is InChI=1S/C20H22F2.C20H16F2/c2*1-2-3-14-4-6-15(7-5-14)16-8-10-17(11-9-16)18-12-19(21)20(22)13-18/h2-7,12,16-17H,8-11,13H2,1H3;2-12H,13H2,1H3/b2*3-2+. The van der Waals surface area contributed by atoms with Gasteiger partial charge in [0.15, 0.2) is 11.7 Å². The highest BCUT2D eigenvalue weighted by Crippen LogP contribution is 2.43. The molecule has 3 aliphatic rings. The van der Waals surface area contributed by atoms with Crippen LogP contribution in [0.4, 0.5) is 17.6 Å². The minimum atomic E-state index is -0.751. The highest BCUT2D eigenvalue weighted by molar-refractivity contribution is 5.75. The molecule has 6 rings (SSSR count). The molecule has 3 aliphatic carbocycles. The predicted octanol–water partition coefficient (Wildman–Crippen LogP) is 12.8. The number of rotatable bonds is 6. The first-order chi connectivity index (χ1) is 21.3. The fourth-order valence-electron chi connectivity index (χ4n) is 6.26. The summed E-state index contributed by atoms with van der Waals surface area (Å²) in [6, 6.07) is 24.8. The van der Waals surface area contributed by atoms with E-state index >= 15 is 0 Å². The Morgan fingerprint density at radius 1 is 0.523 bits per heavy atom. The summed E-state index contributed by atoms with van der Waals surface area (Å²) in [6.07, 6.45) is 15.4. The van der Waals surface area contributed by atoms with Crippen molar-refractivity contribution in [3.8, 4) is 11.1 Å². The van der Waals surface area contributed by atoms with Gasteiger partial charge in [-0.25, -0.2) is 17.6 Å². The van der Waals surface area contributed by atoms with Crippen LogP contribution in [-0.4, -0.2) is 0 Å². The predicted molar refractivity (Wildman–Crippen MR) is 176 cm³/mol. The second kappa shape index (κ2) is 14.5. The molecular formula is C40H38F4. The lowest BCUT2D eigenvalue weighted by Crippen LogP contribution is -2.14.